The Morgan fingerprint density at radius 2 is 2.24 bits per heavy atom. The Bertz CT molecular complexity index is 414. The van der Waals surface area contributed by atoms with Crippen molar-refractivity contribution in [2.45, 2.75) is 19.4 Å². The summed E-state index contributed by atoms with van der Waals surface area (Å²) in [5, 5.41) is 13.2. The van der Waals surface area contributed by atoms with E-state index in [1.165, 1.54) is 0 Å². The standard InChI is InChI=1S/C13H17ClN2O/c1-10(2)13(8-15,9-17-3)16-12-6-4-5-11(14)7-12/h4-7,10,16H,9H2,1-3H3. The molecule has 0 spiro atoms. The molecule has 1 atom stereocenters. The minimum atomic E-state index is -0.737. The highest BCUT2D eigenvalue weighted by Gasteiger charge is 2.34. The van der Waals surface area contributed by atoms with Gasteiger partial charge in [-0.05, 0) is 24.1 Å². The summed E-state index contributed by atoms with van der Waals surface area (Å²) in [6.45, 7) is 4.30. The Morgan fingerprint density at radius 1 is 1.53 bits per heavy atom. The molecule has 3 nitrogen and oxygen atoms in total. The van der Waals surface area contributed by atoms with Crippen LogP contribution in [0.1, 0.15) is 13.8 Å². The molecular weight excluding hydrogens is 236 g/mol. The molecule has 1 aromatic carbocycles. The van der Waals surface area contributed by atoms with Crippen molar-refractivity contribution in [2.75, 3.05) is 19.0 Å². The van der Waals surface area contributed by atoms with Gasteiger partial charge in [-0.1, -0.05) is 31.5 Å². The number of rotatable bonds is 5. The van der Waals surface area contributed by atoms with Gasteiger partial charge in [0.25, 0.3) is 0 Å². The van der Waals surface area contributed by atoms with Gasteiger partial charge in [-0.3, -0.25) is 0 Å². The summed E-state index contributed by atoms with van der Waals surface area (Å²) >= 11 is 5.92. The minimum absolute atomic E-state index is 0.117. The van der Waals surface area contributed by atoms with Crippen LogP contribution in [-0.2, 0) is 4.74 Å². The van der Waals surface area contributed by atoms with Crippen molar-refractivity contribution in [1.82, 2.24) is 0 Å². The molecule has 1 unspecified atom stereocenters. The number of ether oxygens (including phenoxy) is 1. The van der Waals surface area contributed by atoms with Gasteiger partial charge in [0.1, 0.15) is 0 Å². The fourth-order valence-corrected chi connectivity index (χ4v) is 1.78. The van der Waals surface area contributed by atoms with Gasteiger partial charge in [-0.25, -0.2) is 0 Å². The lowest BCUT2D eigenvalue weighted by Crippen LogP contribution is -2.46. The molecule has 0 bridgehead atoms. The first-order valence-corrected chi connectivity index (χ1v) is 5.86. The SMILES string of the molecule is COCC(C#N)(Nc1cccc(Cl)c1)C(C)C. The minimum Gasteiger partial charge on any atom is -0.381 e. The Morgan fingerprint density at radius 3 is 2.71 bits per heavy atom. The quantitative estimate of drug-likeness (QED) is 0.874. The summed E-state index contributed by atoms with van der Waals surface area (Å²) in [5.74, 6) is 0.117. The van der Waals surface area contributed by atoms with Crippen molar-refractivity contribution in [1.29, 1.82) is 5.26 Å². The van der Waals surface area contributed by atoms with E-state index < -0.39 is 5.54 Å². The summed E-state index contributed by atoms with van der Waals surface area (Å²) in [4.78, 5) is 0. The molecule has 0 heterocycles. The molecule has 0 aliphatic heterocycles. The zero-order valence-electron chi connectivity index (χ0n) is 10.3. The lowest BCUT2D eigenvalue weighted by atomic mass is 9.88. The molecule has 17 heavy (non-hydrogen) atoms. The molecule has 0 saturated carbocycles. The molecule has 1 aromatic rings. The van der Waals surface area contributed by atoms with Crippen LogP contribution in [0, 0.1) is 17.2 Å². The number of nitriles is 1. The largest absolute Gasteiger partial charge is 0.381 e. The smallest absolute Gasteiger partial charge is 0.151 e. The molecule has 0 saturated heterocycles. The van der Waals surface area contributed by atoms with Crippen LogP contribution in [0.2, 0.25) is 5.02 Å². The Hall–Kier alpha value is -1.24. The molecule has 0 fully saturated rings. The van der Waals surface area contributed by atoms with E-state index in [9.17, 15) is 5.26 Å². The molecule has 4 heteroatoms. The molecule has 1 rings (SSSR count). The first-order valence-electron chi connectivity index (χ1n) is 5.48. The van der Waals surface area contributed by atoms with Crippen LogP contribution in [0.25, 0.3) is 0 Å². The zero-order chi connectivity index (χ0) is 12.9. The summed E-state index contributed by atoms with van der Waals surface area (Å²) in [5.41, 5.74) is 0.0872. The molecule has 0 radical (unpaired) electrons. The van der Waals surface area contributed by atoms with Gasteiger partial charge in [0.05, 0.1) is 12.7 Å². The van der Waals surface area contributed by atoms with E-state index in [1.807, 2.05) is 26.0 Å². The van der Waals surface area contributed by atoms with E-state index >= 15 is 0 Å². The zero-order valence-corrected chi connectivity index (χ0v) is 11.1. The summed E-state index contributed by atoms with van der Waals surface area (Å²) in [6.07, 6.45) is 0. The van der Waals surface area contributed by atoms with E-state index in [1.54, 1.807) is 19.2 Å². The summed E-state index contributed by atoms with van der Waals surface area (Å²) in [7, 11) is 1.59. The average molecular weight is 253 g/mol. The third-order valence-electron chi connectivity index (χ3n) is 2.75. The van der Waals surface area contributed by atoms with Crippen molar-refractivity contribution in [3.63, 3.8) is 0 Å². The van der Waals surface area contributed by atoms with Gasteiger partial charge in [-0.2, -0.15) is 5.26 Å². The highest BCUT2D eigenvalue weighted by molar-refractivity contribution is 6.30. The van der Waals surface area contributed by atoms with Crippen molar-refractivity contribution in [3.05, 3.63) is 29.3 Å². The van der Waals surface area contributed by atoms with E-state index in [0.29, 0.717) is 11.6 Å². The first kappa shape index (κ1) is 13.8. The highest BCUT2D eigenvalue weighted by atomic mass is 35.5. The topological polar surface area (TPSA) is 45.0 Å². The molecule has 92 valence electrons. The van der Waals surface area contributed by atoms with Gasteiger partial charge in [0, 0.05) is 17.8 Å². The normalized spacial score (nSPS) is 14.1. The molecule has 0 aliphatic rings. The molecule has 1 N–H and O–H groups in total. The number of hydrogen-bond acceptors (Lipinski definition) is 3. The predicted molar refractivity (Wildman–Crippen MR) is 70.1 cm³/mol. The second kappa shape index (κ2) is 5.90. The highest BCUT2D eigenvalue weighted by Crippen LogP contribution is 2.25. The average Bonchev–Trinajstić information content (AvgIpc) is 2.28. The van der Waals surface area contributed by atoms with E-state index in [0.717, 1.165) is 5.69 Å². The second-order valence-electron chi connectivity index (χ2n) is 4.31. The lowest BCUT2D eigenvalue weighted by molar-refractivity contribution is 0.144. The van der Waals surface area contributed by atoms with Gasteiger partial charge in [-0.15, -0.1) is 0 Å². The maximum atomic E-state index is 9.38. The van der Waals surface area contributed by atoms with Crippen molar-refractivity contribution >= 4 is 17.3 Å². The number of halogens is 1. The maximum Gasteiger partial charge on any atom is 0.151 e. The Labute approximate surface area is 107 Å². The third kappa shape index (κ3) is 3.36. The van der Waals surface area contributed by atoms with Crippen LogP contribution in [0.15, 0.2) is 24.3 Å². The van der Waals surface area contributed by atoms with Crippen LogP contribution in [0.4, 0.5) is 5.69 Å². The predicted octanol–water partition coefficient (Wildman–Crippen LogP) is 3.32. The lowest BCUT2D eigenvalue weighted by Gasteiger charge is -2.32. The summed E-state index contributed by atoms with van der Waals surface area (Å²) < 4.78 is 5.14. The van der Waals surface area contributed by atoms with Crippen LogP contribution in [0.3, 0.4) is 0 Å². The monoisotopic (exact) mass is 252 g/mol. The van der Waals surface area contributed by atoms with Gasteiger partial charge in [0.15, 0.2) is 5.54 Å². The van der Waals surface area contributed by atoms with Crippen LogP contribution in [-0.4, -0.2) is 19.3 Å². The summed E-state index contributed by atoms with van der Waals surface area (Å²) in [6, 6.07) is 9.63. The number of hydrogen-bond donors (Lipinski definition) is 1. The number of nitrogens with zero attached hydrogens (tertiary/aromatic N) is 1. The van der Waals surface area contributed by atoms with Crippen molar-refractivity contribution in [3.8, 4) is 6.07 Å². The van der Waals surface area contributed by atoms with Crippen molar-refractivity contribution < 1.29 is 4.74 Å². The third-order valence-corrected chi connectivity index (χ3v) is 2.98. The number of benzene rings is 1. The fraction of sp³-hybridized carbons (Fsp3) is 0.462. The molecular formula is C13H17ClN2O. The second-order valence-corrected chi connectivity index (χ2v) is 4.74. The molecule has 0 aliphatic carbocycles. The Kier molecular flexibility index (Phi) is 4.80. The number of anilines is 1. The van der Waals surface area contributed by atoms with Gasteiger partial charge in [0.2, 0.25) is 0 Å². The van der Waals surface area contributed by atoms with E-state index in [2.05, 4.69) is 11.4 Å². The van der Waals surface area contributed by atoms with Gasteiger partial charge < -0.3 is 10.1 Å². The van der Waals surface area contributed by atoms with E-state index in [-0.39, 0.29) is 5.92 Å². The Balaban J connectivity index is 2.98. The molecule has 0 amide bonds. The van der Waals surface area contributed by atoms with Gasteiger partial charge >= 0.3 is 0 Å². The fourth-order valence-electron chi connectivity index (χ4n) is 1.59. The van der Waals surface area contributed by atoms with Crippen LogP contribution < -0.4 is 5.32 Å². The number of nitrogens with one attached hydrogen (secondary N) is 1. The number of methoxy groups -OCH3 is 1. The van der Waals surface area contributed by atoms with E-state index in [4.69, 9.17) is 16.3 Å². The molecule has 0 aromatic heterocycles. The van der Waals surface area contributed by atoms with Crippen LogP contribution >= 0.6 is 11.6 Å². The maximum absolute atomic E-state index is 9.38. The van der Waals surface area contributed by atoms with Crippen molar-refractivity contribution in [2.24, 2.45) is 5.92 Å². The first-order chi connectivity index (χ1) is 8.04. The van der Waals surface area contributed by atoms with Crippen LogP contribution in [0.5, 0.6) is 0 Å².